The number of nitrogens with zero attached hydrogens (tertiary/aromatic N) is 4. The van der Waals surface area contributed by atoms with Crippen molar-refractivity contribution >= 4 is 17.5 Å². The van der Waals surface area contributed by atoms with Crippen LogP contribution < -0.4 is 10.6 Å². The van der Waals surface area contributed by atoms with Gasteiger partial charge in [-0.1, -0.05) is 0 Å². The fourth-order valence-corrected chi connectivity index (χ4v) is 3.33. The lowest BCUT2D eigenvalue weighted by Crippen LogP contribution is -2.48. The Kier molecular flexibility index (Phi) is 6.04. The summed E-state index contributed by atoms with van der Waals surface area (Å²) in [5.74, 6) is 0.689. The number of carbonyl (C=O) groups is 2. The lowest BCUT2D eigenvalue weighted by molar-refractivity contribution is -0.133. The molecule has 1 aromatic rings. The number of amides is 2. The predicted molar refractivity (Wildman–Crippen MR) is 95.1 cm³/mol. The number of likely N-dealkylation sites (N-methyl/N-ethyl adjacent to an activating group) is 1. The molecule has 2 aliphatic heterocycles. The molecule has 0 spiro atoms. The number of piperazine rings is 1. The topological polar surface area (TPSA) is 82.5 Å². The molecule has 0 aromatic carbocycles. The van der Waals surface area contributed by atoms with Crippen LogP contribution in [0.25, 0.3) is 0 Å². The molecule has 1 unspecified atom stereocenters. The van der Waals surface area contributed by atoms with Gasteiger partial charge in [-0.15, -0.1) is 0 Å². The first-order chi connectivity index (χ1) is 12.1. The minimum Gasteiger partial charge on any atom is -0.339 e. The summed E-state index contributed by atoms with van der Waals surface area (Å²) >= 11 is 0. The number of carbonyl (C=O) groups excluding carboxylic acids is 2. The van der Waals surface area contributed by atoms with Gasteiger partial charge in [-0.2, -0.15) is 5.10 Å². The largest absolute Gasteiger partial charge is 0.339 e. The van der Waals surface area contributed by atoms with Crippen molar-refractivity contribution in [2.24, 2.45) is 5.92 Å². The van der Waals surface area contributed by atoms with Crippen LogP contribution in [0.2, 0.25) is 0 Å². The summed E-state index contributed by atoms with van der Waals surface area (Å²) in [6.45, 7) is 5.62. The molecule has 0 radical (unpaired) electrons. The van der Waals surface area contributed by atoms with E-state index < -0.39 is 0 Å². The lowest BCUT2D eigenvalue weighted by atomic mass is 10.0. The van der Waals surface area contributed by atoms with Crippen molar-refractivity contribution in [3.8, 4) is 0 Å². The summed E-state index contributed by atoms with van der Waals surface area (Å²) in [5.41, 5.74) is 0.653. The zero-order chi connectivity index (χ0) is 17.6. The van der Waals surface area contributed by atoms with Gasteiger partial charge < -0.3 is 20.4 Å². The highest BCUT2D eigenvalue weighted by Gasteiger charge is 2.20. The monoisotopic (exact) mass is 348 g/mol. The summed E-state index contributed by atoms with van der Waals surface area (Å²) in [4.78, 5) is 28.4. The van der Waals surface area contributed by atoms with E-state index in [0.29, 0.717) is 18.0 Å². The second-order valence-electron chi connectivity index (χ2n) is 7.06. The zero-order valence-corrected chi connectivity index (χ0v) is 14.9. The van der Waals surface area contributed by atoms with Gasteiger partial charge in [0.05, 0.1) is 11.9 Å². The molecule has 2 fully saturated rings. The molecule has 1 atom stereocenters. The molecule has 3 rings (SSSR count). The van der Waals surface area contributed by atoms with Gasteiger partial charge in [0.1, 0.15) is 6.54 Å². The molecular formula is C17H28N6O2. The number of aromatic nitrogens is 2. The van der Waals surface area contributed by atoms with Gasteiger partial charge in [-0.25, -0.2) is 0 Å². The van der Waals surface area contributed by atoms with E-state index in [-0.39, 0.29) is 18.4 Å². The van der Waals surface area contributed by atoms with Gasteiger partial charge in [0.2, 0.25) is 11.8 Å². The fourth-order valence-electron chi connectivity index (χ4n) is 3.33. The normalized spacial score (nSPS) is 21.5. The Bertz CT molecular complexity index is 588. The molecule has 0 bridgehead atoms. The van der Waals surface area contributed by atoms with Crippen molar-refractivity contribution in [1.82, 2.24) is 24.9 Å². The van der Waals surface area contributed by atoms with Crippen molar-refractivity contribution in [2.45, 2.75) is 25.8 Å². The lowest BCUT2D eigenvalue weighted by Gasteiger charge is -2.32. The third-order valence-electron chi connectivity index (χ3n) is 5.01. The number of nitrogens with one attached hydrogen (secondary N) is 2. The fraction of sp³-hybridized carbons (Fsp3) is 0.706. The van der Waals surface area contributed by atoms with Crippen LogP contribution in [-0.2, 0) is 16.1 Å². The summed E-state index contributed by atoms with van der Waals surface area (Å²) in [6, 6.07) is 0. The highest BCUT2D eigenvalue weighted by molar-refractivity contribution is 5.90. The van der Waals surface area contributed by atoms with Crippen LogP contribution in [0, 0.1) is 5.92 Å². The van der Waals surface area contributed by atoms with E-state index in [4.69, 9.17) is 0 Å². The first kappa shape index (κ1) is 17.9. The molecule has 2 saturated heterocycles. The smallest absolute Gasteiger partial charge is 0.244 e. The van der Waals surface area contributed by atoms with E-state index in [1.807, 2.05) is 4.90 Å². The van der Waals surface area contributed by atoms with E-state index in [9.17, 15) is 9.59 Å². The number of anilines is 1. The van der Waals surface area contributed by atoms with E-state index in [0.717, 1.165) is 52.1 Å². The second-order valence-corrected chi connectivity index (χ2v) is 7.06. The maximum atomic E-state index is 12.3. The molecule has 0 aliphatic carbocycles. The minimum atomic E-state index is 0.0110. The second kappa shape index (κ2) is 8.44. The molecule has 8 heteroatoms. The van der Waals surface area contributed by atoms with Gasteiger partial charge in [-0.05, 0) is 38.9 Å². The van der Waals surface area contributed by atoms with Gasteiger partial charge in [0.15, 0.2) is 0 Å². The molecule has 2 N–H and O–H groups in total. The van der Waals surface area contributed by atoms with E-state index in [2.05, 4.69) is 27.7 Å². The maximum absolute atomic E-state index is 12.3. The van der Waals surface area contributed by atoms with Gasteiger partial charge in [0.25, 0.3) is 0 Å². The average molecular weight is 348 g/mol. The third kappa shape index (κ3) is 5.27. The Hall–Kier alpha value is -1.93. The first-order valence-electron chi connectivity index (χ1n) is 9.09. The number of hydrogen-bond acceptors (Lipinski definition) is 5. The van der Waals surface area contributed by atoms with Crippen LogP contribution in [0.3, 0.4) is 0 Å². The molecule has 1 aromatic heterocycles. The van der Waals surface area contributed by atoms with E-state index in [1.165, 1.54) is 0 Å². The molecule has 0 saturated carbocycles. The van der Waals surface area contributed by atoms with E-state index in [1.54, 1.807) is 17.1 Å². The van der Waals surface area contributed by atoms with Crippen molar-refractivity contribution in [3.05, 3.63) is 12.4 Å². The Morgan fingerprint density at radius 1 is 1.32 bits per heavy atom. The van der Waals surface area contributed by atoms with Crippen molar-refractivity contribution in [1.29, 1.82) is 0 Å². The zero-order valence-electron chi connectivity index (χ0n) is 14.9. The molecule has 138 valence electrons. The Morgan fingerprint density at radius 3 is 2.84 bits per heavy atom. The molecule has 2 aliphatic rings. The van der Waals surface area contributed by atoms with E-state index >= 15 is 0 Å². The minimum absolute atomic E-state index is 0.0110. The summed E-state index contributed by atoms with van der Waals surface area (Å²) in [7, 11) is 2.06. The highest BCUT2D eigenvalue weighted by Crippen LogP contribution is 2.15. The standard InChI is InChI=1S/C17H28N6O2/c1-21-6-8-22(9-7-21)17(25)13-23-12-15(11-19-23)20-16(24)3-2-14-4-5-18-10-14/h11-12,14,18H,2-10,13H2,1H3,(H,20,24). The predicted octanol–water partition coefficient (Wildman–Crippen LogP) is -0.0147. The summed E-state index contributed by atoms with van der Waals surface area (Å²) in [5, 5.41) is 10.4. The van der Waals surface area contributed by atoms with Gasteiger partial charge >= 0.3 is 0 Å². The van der Waals surface area contributed by atoms with Crippen LogP contribution in [0.5, 0.6) is 0 Å². The number of hydrogen-bond donors (Lipinski definition) is 2. The van der Waals surface area contributed by atoms with Crippen LogP contribution in [0.4, 0.5) is 5.69 Å². The van der Waals surface area contributed by atoms with Gasteiger partial charge in [0, 0.05) is 38.8 Å². The van der Waals surface area contributed by atoms with Crippen LogP contribution in [0.15, 0.2) is 12.4 Å². The SMILES string of the molecule is CN1CCN(C(=O)Cn2cc(NC(=O)CCC3CCNC3)cn2)CC1. The first-order valence-corrected chi connectivity index (χ1v) is 9.09. The Balaban J connectivity index is 1.42. The molecular weight excluding hydrogens is 320 g/mol. The third-order valence-corrected chi connectivity index (χ3v) is 5.01. The maximum Gasteiger partial charge on any atom is 0.244 e. The van der Waals surface area contributed by atoms with Gasteiger partial charge in [-0.3, -0.25) is 14.3 Å². The summed E-state index contributed by atoms with van der Waals surface area (Å²) in [6.07, 6.45) is 5.92. The number of rotatable bonds is 6. The molecule has 25 heavy (non-hydrogen) atoms. The van der Waals surface area contributed by atoms with Crippen LogP contribution >= 0.6 is 0 Å². The van der Waals surface area contributed by atoms with Crippen molar-refractivity contribution < 1.29 is 9.59 Å². The van der Waals surface area contributed by atoms with Crippen molar-refractivity contribution in [2.75, 3.05) is 51.6 Å². The van der Waals surface area contributed by atoms with Crippen LogP contribution in [-0.4, -0.2) is 77.7 Å². The van der Waals surface area contributed by atoms with Crippen molar-refractivity contribution in [3.63, 3.8) is 0 Å². The van der Waals surface area contributed by atoms with Crippen LogP contribution in [0.1, 0.15) is 19.3 Å². The Labute approximate surface area is 148 Å². The quantitative estimate of drug-likeness (QED) is 0.755. The molecule has 3 heterocycles. The average Bonchev–Trinajstić information content (AvgIpc) is 3.25. The molecule has 2 amide bonds. The highest BCUT2D eigenvalue weighted by atomic mass is 16.2. The molecule has 8 nitrogen and oxygen atoms in total. The Morgan fingerprint density at radius 2 is 2.12 bits per heavy atom. The summed E-state index contributed by atoms with van der Waals surface area (Å²) < 4.78 is 1.59.